The van der Waals surface area contributed by atoms with Gasteiger partial charge in [0.2, 0.25) is 0 Å². The molecule has 5 nitrogen and oxygen atoms in total. The fourth-order valence-electron chi connectivity index (χ4n) is 4.51. The van der Waals surface area contributed by atoms with Crippen LogP contribution in [-0.4, -0.2) is 26.2 Å². The standard InChI is InChI=1S/C31H30N2O3/c1-31(2,30(34)35)36-26-17-15-22(16-18-26)11-8-14-29-32-27-19-24-12-6-7-13-25(24)20-28(27)33(29)21-23-9-4-3-5-10-23/h3-7,9-10,12-13,15-20H,8,11,14,21H2,1-2H3,(H,34,35). The number of carbonyl (C=O) groups is 1. The van der Waals surface area contributed by atoms with Gasteiger partial charge in [-0.2, -0.15) is 0 Å². The zero-order chi connectivity index (χ0) is 25.1. The number of imidazole rings is 1. The van der Waals surface area contributed by atoms with Crippen molar-refractivity contribution in [1.82, 2.24) is 9.55 Å². The lowest BCUT2D eigenvalue weighted by molar-refractivity contribution is -0.152. The summed E-state index contributed by atoms with van der Waals surface area (Å²) in [6, 6.07) is 31.1. The van der Waals surface area contributed by atoms with Crippen LogP contribution in [0.2, 0.25) is 0 Å². The van der Waals surface area contributed by atoms with Crippen molar-refractivity contribution in [1.29, 1.82) is 0 Å². The Balaban J connectivity index is 1.35. The molecule has 1 heterocycles. The third kappa shape index (κ3) is 5.10. The SMILES string of the molecule is CC(C)(Oc1ccc(CCCc2nc3cc4ccccc4cc3n2Cc2ccccc2)cc1)C(=O)O. The number of fused-ring (bicyclic) bond motifs is 2. The summed E-state index contributed by atoms with van der Waals surface area (Å²) in [5, 5.41) is 11.7. The molecule has 0 amide bonds. The van der Waals surface area contributed by atoms with E-state index in [4.69, 9.17) is 9.72 Å². The van der Waals surface area contributed by atoms with Crippen LogP contribution >= 0.6 is 0 Å². The molecule has 1 N–H and O–H groups in total. The van der Waals surface area contributed by atoms with Gasteiger partial charge in [-0.3, -0.25) is 0 Å². The van der Waals surface area contributed by atoms with Crippen LogP contribution in [0.3, 0.4) is 0 Å². The van der Waals surface area contributed by atoms with Gasteiger partial charge in [0.15, 0.2) is 5.60 Å². The average molecular weight is 479 g/mol. The van der Waals surface area contributed by atoms with E-state index in [1.165, 1.54) is 21.9 Å². The maximum atomic E-state index is 11.3. The second-order valence-corrected chi connectivity index (χ2v) is 9.70. The lowest BCUT2D eigenvalue weighted by Gasteiger charge is -2.21. The molecule has 0 bridgehead atoms. The number of hydrogen-bond acceptors (Lipinski definition) is 3. The minimum absolute atomic E-state index is 0.558. The predicted octanol–water partition coefficient (Wildman–Crippen LogP) is 6.66. The third-order valence-electron chi connectivity index (χ3n) is 6.56. The van der Waals surface area contributed by atoms with Crippen LogP contribution in [0.1, 0.15) is 37.2 Å². The summed E-state index contributed by atoms with van der Waals surface area (Å²) < 4.78 is 7.97. The van der Waals surface area contributed by atoms with Crippen LogP contribution in [0.5, 0.6) is 5.75 Å². The van der Waals surface area contributed by atoms with Gasteiger partial charge in [-0.15, -0.1) is 0 Å². The first-order valence-electron chi connectivity index (χ1n) is 12.3. The molecule has 0 atom stereocenters. The molecule has 0 aliphatic carbocycles. The fraction of sp³-hybridized carbons (Fsp3) is 0.226. The van der Waals surface area contributed by atoms with Crippen molar-refractivity contribution >= 4 is 27.8 Å². The molecule has 0 unspecified atom stereocenters. The number of carboxylic acid groups (broad SMARTS) is 1. The van der Waals surface area contributed by atoms with E-state index in [0.717, 1.165) is 42.7 Å². The van der Waals surface area contributed by atoms with Crippen LogP contribution < -0.4 is 4.74 Å². The molecule has 5 rings (SSSR count). The normalized spacial score (nSPS) is 11.7. The molecule has 36 heavy (non-hydrogen) atoms. The molecule has 1 aromatic heterocycles. The quantitative estimate of drug-likeness (QED) is 0.257. The van der Waals surface area contributed by atoms with Crippen LogP contribution in [0.25, 0.3) is 21.8 Å². The van der Waals surface area contributed by atoms with E-state index in [0.29, 0.717) is 5.75 Å². The van der Waals surface area contributed by atoms with Gasteiger partial charge >= 0.3 is 5.97 Å². The van der Waals surface area contributed by atoms with Crippen molar-refractivity contribution in [3.8, 4) is 5.75 Å². The number of hydrogen-bond donors (Lipinski definition) is 1. The fourth-order valence-corrected chi connectivity index (χ4v) is 4.51. The summed E-state index contributed by atoms with van der Waals surface area (Å²) >= 11 is 0. The van der Waals surface area contributed by atoms with E-state index < -0.39 is 11.6 Å². The zero-order valence-corrected chi connectivity index (χ0v) is 20.6. The lowest BCUT2D eigenvalue weighted by atomic mass is 10.1. The first kappa shape index (κ1) is 23.6. The van der Waals surface area contributed by atoms with E-state index in [1.54, 1.807) is 13.8 Å². The molecular weight excluding hydrogens is 448 g/mol. The Morgan fingerprint density at radius 3 is 2.22 bits per heavy atom. The predicted molar refractivity (Wildman–Crippen MR) is 144 cm³/mol. The van der Waals surface area contributed by atoms with Crippen molar-refractivity contribution in [2.75, 3.05) is 0 Å². The Kier molecular flexibility index (Phi) is 6.47. The Morgan fingerprint density at radius 1 is 0.861 bits per heavy atom. The second-order valence-electron chi connectivity index (χ2n) is 9.70. The molecule has 0 spiro atoms. The van der Waals surface area contributed by atoms with Gasteiger partial charge in [-0.1, -0.05) is 66.7 Å². The van der Waals surface area contributed by atoms with Crippen molar-refractivity contribution in [2.24, 2.45) is 0 Å². The largest absolute Gasteiger partial charge is 0.478 e. The van der Waals surface area contributed by atoms with Gasteiger partial charge in [0.05, 0.1) is 11.0 Å². The molecule has 5 aromatic rings. The van der Waals surface area contributed by atoms with Crippen molar-refractivity contribution in [2.45, 2.75) is 45.3 Å². The van der Waals surface area contributed by atoms with Crippen molar-refractivity contribution in [3.05, 3.63) is 108 Å². The molecule has 5 heteroatoms. The Bertz CT molecular complexity index is 1500. The van der Waals surface area contributed by atoms with Gasteiger partial charge in [0.1, 0.15) is 11.6 Å². The average Bonchev–Trinajstić information content (AvgIpc) is 3.20. The maximum absolute atomic E-state index is 11.3. The molecule has 0 aliphatic heterocycles. The third-order valence-corrected chi connectivity index (χ3v) is 6.56. The van der Waals surface area contributed by atoms with Gasteiger partial charge in [0.25, 0.3) is 0 Å². The topological polar surface area (TPSA) is 64.4 Å². The highest BCUT2D eigenvalue weighted by atomic mass is 16.5. The van der Waals surface area contributed by atoms with Gasteiger partial charge in [-0.05, 0) is 72.9 Å². The molecular formula is C31H30N2O3. The lowest BCUT2D eigenvalue weighted by Crippen LogP contribution is -2.37. The molecule has 0 saturated carbocycles. The zero-order valence-electron chi connectivity index (χ0n) is 20.6. The number of carboxylic acids is 1. The Morgan fingerprint density at radius 2 is 1.53 bits per heavy atom. The van der Waals surface area contributed by atoms with Crippen LogP contribution in [0.15, 0.2) is 91.0 Å². The van der Waals surface area contributed by atoms with Crippen LogP contribution in [0, 0.1) is 0 Å². The van der Waals surface area contributed by atoms with Crippen LogP contribution in [-0.2, 0) is 24.2 Å². The van der Waals surface area contributed by atoms with E-state index >= 15 is 0 Å². The summed E-state index contributed by atoms with van der Waals surface area (Å²) in [6.07, 6.45) is 2.72. The summed E-state index contributed by atoms with van der Waals surface area (Å²) in [5.41, 5.74) is 3.37. The first-order valence-corrected chi connectivity index (χ1v) is 12.3. The number of rotatable bonds is 9. The molecule has 0 aliphatic rings. The number of ether oxygens (including phenoxy) is 1. The summed E-state index contributed by atoms with van der Waals surface area (Å²) in [6.45, 7) is 3.89. The first-order chi connectivity index (χ1) is 17.4. The number of nitrogens with zero attached hydrogens (tertiary/aromatic N) is 2. The monoisotopic (exact) mass is 478 g/mol. The van der Waals surface area contributed by atoms with Crippen molar-refractivity contribution in [3.63, 3.8) is 0 Å². The van der Waals surface area contributed by atoms with Gasteiger partial charge < -0.3 is 14.4 Å². The van der Waals surface area contributed by atoms with Gasteiger partial charge in [-0.25, -0.2) is 9.78 Å². The summed E-state index contributed by atoms with van der Waals surface area (Å²) in [4.78, 5) is 16.4. The molecule has 0 fully saturated rings. The molecule has 182 valence electrons. The van der Waals surface area contributed by atoms with E-state index in [-0.39, 0.29) is 0 Å². The summed E-state index contributed by atoms with van der Waals surface area (Å²) in [7, 11) is 0. The smallest absolute Gasteiger partial charge is 0.347 e. The Labute approximate surface area is 211 Å². The highest BCUT2D eigenvalue weighted by Gasteiger charge is 2.29. The highest BCUT2D eigenvalue weighted by molar-refractivity contribution is 5.95. The molecule has 4 aromatic carbocycles. The number of aliphatic carboxylic acids is 1. The van der Waals surface area contributed by atoms with E-state index in [9.17, 15) is 9.90 Å². The molecule has 0 radical (unpaired) electrons. The van der Waals surface area contributed by atoms with Gasteiger partial charge in [0, 0.05) is 13.0 Å². The number of aryl methyl sites for hydroxylation is 2. The summed E-state index contributed by atoms with van der Waals surface area (Å²) in [5.74, 6) is 0.660. The minimum atomic E-state index is -1.26. The highest BCUT2D eigenvalue weighted by Crippen LogP contribution is 2.26. The Hall–Kier alpha value is -4.12. The number of benzene rings is 4. The van der Waals surface area contributed by atoms with Crippen molar-refractivity contribution < 1.29 is 14.6 Å². The van der Waals surface area contributed by atoms with E-state index in [1.807, 2.05) is 30.3 Å². The minimum Gasteiger partial charge on any atom is -0.478 e. The second kappa shape index (κ2) is 9.86. The number of aromatic nitrogens is 2. The maximum Gasteiger partial charge on any atom is 0.347 e. The molecule has 0 saturated heterocycles. The van der Waals surface area contributed by atoms with Crippen LogP contribution in [0.4, 0.5) is 0 Å². The van der Waals surface area contributed by atoms with E-state index in [2.05, 4.69) is 65.2 Å².